The first-order chi connectivity index (χ1) is 9.74. The lowest BCUT2D eigenvalue weighted by molar-refractivity contribution is -0.139. The fourth-order valence-electron chi connectivity index (χ4n) is 3.07. The van der Waals surface area contributed by atoms with Crippen LogP contribution in [-0.4, -0.2) is 10.9 Å². The summed E-state index contributed by atoms with van der Waals surface area (Å²) in [6, 6.07) is 13.4. The molecule has 3 heteroatoms. The second-order valence-electron chi connectivity index (χ2n) is 5.51. The molecule has 2 heterocycles. The summed E-state index contributed by atoms with van der Waals surface area (Å²) in [6.45, 7) is 0. The normalized spacial score (nSPS) is 23.4. The molecule has 1 spiro atoms. The van der Waals surface area contributed by atoms with Gasteiger partial charge < -0.3 is 14.6 Å². The molecular weight excluding hydrogens is 252 g/mol. The van der Waals surface area contributed by atoms with Crippen molar-refractivity contribution in [2.75, 3.05) is 0 Å². The first-order valence-electron chi connectivity index (χ1n) is 7.02. The molecule has 0 amide bonds. The van der Waals surface area contributed by atoms with Gasteiger partial charge in [-0.05, 0) is 48.2 Å². The maximum atomic E-state index is 9.53. The fraction of sp³-hybridized carbons (Fsp3) is 0.294. The third kappa shape index (κ3) is 1.82. The summed E-state index contributed by atoms with van der Waals surface area (Å²) >= 11 is 0. The molecule has 1 N–H and O–H groups in total. The standard InChI is InChI=1S/C17H16O3/c18-14-5-6-16-13(11-14)8-10-17(20-16)9-7-12-3-1-2-4-15(12)19-17/h1-6,11,18H,7-10H2. The minimum absolute atomic E-state index is 0.290. The first-order valence-corrected chi connectivity index (χ1v) is 7.02. The van der Waals surface area contributed by atoms with Gasteiger partial charge in [-0.2, -0.15) is 0 Å². The fourth-order valence-corrected chi connectivity index (χ4v) is 3.07. The molecular formula is C17H16O3. The summed E-state index contributed by atoms with van der Waals surface area (Å²) in [7, 11) is 0. The second-order valence-corrected chi connectivity index (χ2v) is 5.51. The SMILES string of the molecule is Oc1ccc2c(c1)CCC1(CCc3ccccc3O1)O2. The van der Waals surface area contributed by atoms with Gasteiger partial charge in [-0.25, -0.2) is 0 Å². The van der Waals surface area contributed by atoms with Crippen LogP contribution in [-0.2, 0) is 12.8 Å². The minimum atomic E-state index is -0.543. The molecule has 0 fully saturated rings. The van der Waals surface area contributed by atoms with Crippen molar-refractivity contribution in [3.8, 4) is 17.2 Å². The van der Waals surface area contributed by atoms with E-state index in [1.807, 2.05) is 24.3 Å². The highest BCUT2D eigenvalue weighted by Crippen LogP contribution is 2.42. The number of phenols is 1. The minimum Gasteiger partial charge on any atom is -0.508 e. The molecule has 0 aromatic heterocycles. The number of para-hydroxylation sites is 1. The van der Waals surface area contributed by atoms with E-state index >= 15 is 0 Å². The Morgan fingerprint density at radius 3 is 2.40 bits per heavy atom. The van der Waals surface area contributed by atoms with Crippen molar-refractivity contribution in [2.45, 2.75) is 31.5 Å². The molecule has 4 rings (SSSR count). The van der Waals surface area contributed by atoms with Crippen LogP contribution in [0.5, 0.6) is 17.2 Å². The molecule has 2 aromatic rings. The van der Waals surface area contributed by atoms with E-state index in [2.05, 4.69) is 6.07 Å². The summed E-state index contributed by atoms with van der Waals surface area (Å²) in [5, 5.41) is 9.53. The van der Waals surface area contributed by atoms with E-state index in [1.165, 1.54) is 5.56 Å². The quantitative estimate of drug-likeness (QED) is 0.795. The monoisotopic (exact) mass is 268 g/mol. The number of fused-ring (bicyclic) bond motifs is 2. The largest absolute Gasteiger partial charge is 0.508 e. The average Bonchev–Trinajstić information content (AvgIpc) is 2.48. The summed E-state index contributed by atoms with van der Waals surface area (Å²) < 4.78 is 12.3. The molecule has 1 atom stereocenters. The zero-order valence-corrected chi connectivity index (χ0v) is 11.1. The van der Waals surface area contributed by atoms with Gasteiger partial charge in [-0.15, -0.1) is 0 Å². The third-order valence-electron chi connectivity index (χ3n) is 4.16. The number of aromatic hydroxyl groups is 1. The van der Waals surface area contributed by atoms with Crippen molar-refractivity contribution in [3.05, 3.63) is 53.6 Å². The lowest BCUT2D eigenvalue weighted by Gasteiger charge is -2.41. The van der Waals surface area contributed by atoms with E-state index in [-0.39, 0.29) is 0 Å². The maximum Gasteiger partial charge on any atom is 0.251 e. The highest BCUT2D eigenvalue weighted by Gasteiger charge is 2.41. The molecule has 102 valence electrons. The van der Waals surface area contributed by atoms with Crippen LogP contribution in [0.15, 0.2) is 42.5 Å². The zero-order chi connectivity index (χ0) is 13.6. The van der Waals surface area contributed by atoms with E-state index in [4.69, 9.17) is 9.47 Å². The zero-order valence-electron chi connectivity index (χ0n) is 11.1. The first kappa shape index (κ1) is 11.6. The molecule has 2 aromatic carbocycles. The van der Waals surface area contributed by atoms with Gasteiger partial charge in [0.15, 0.2) is 0 Å². The Bertz CT molecular complexity index is 665. The van der Waals surface area contributed by atoms with Crippen LogP contribution in [0.1, 0.15) is 24.0 Å². The van der Waals surface area contributed by atoms with E-state index < -0.39 is 5.79 Å². The number of hydrogen-bond acceptors (Lipinski definition) is 3. The highest BCUT2D eigenvalue weighted by molar-refractivity contribution is 5.42. The topological polar surface area (TPSA) is 38.7 Å². The van der Waals surface area contributed by atoms with Crippen LogP contribution in [0.3, 0.4) is 0 Å². The summed E-state index contributed by atoms with van der Waals surface area (Å²) in [4.78, 5) is 0. The predicted octanol–water partition coefficient (Wildman–Crippen LogP) is 3.44. The van der Waals surface area contributed by atoms with Crippen molar-refractivity contribution in [1.29, 1.82) is 0 Å². The Morgan fingerprint density at radius 2 is 1.55 bits per heavy atom. The third-order valence-corrected chi connectivity index (χ3v) is 4.16. The number of ether oxygens (including phenoxy) is 2. The second kappa shape index (κ2) is 4.17. The summed E-state index contributed by atoms with van der Waals surface area (Å²) in [6.07, 6.45) is 3.53. The molecule has 1 unspecified atom stereocenters. The molecule has 0 saturated carbocycles. The van der Waals surface area contributed by atoms with Crippen LogP contribution in [0.2, 0.25) is 0 Å². The van der Waals surface area contributed by atoms with Gasteiger partial charge in [0.05, 0.1) is 0 Å². The van der Waals surface area contributed by atoms with E-state index in [0.717, 1.165) is 42.7 Å². The Kier molecular flexibility index (Phi) is 2.43. The van der Waals surface area contributed by atoms with Gasteiger partial charge >= 0.3 is 0 Å². The smallest absolute Gasteiger partial charge is 0.251 e. The van der Waals surface area contributed by atoms with Gasteiger partial charge in [0.2, 0.25) is 0 Å². The molecule has 0 aliphatic carbocycles. The predicted molar refractivity (Wildman–Crippen MR) is 75.2 cm³/mol. The van der Waals surface area contributed by atoms with Gasteiger partial charge in [0.25, 0.3) is 5.79 Å². The molecule has 0 saturated heterocycles. The van der Waals surface area contributed by atoms with Gasteiger partial charge in [-0.3, -0.25) is 0 Å². The average molecular weight is 268 g/mol. The van der Waals surface area contributed by atoms with Crippen molar-refractivity contribution < 1.29 is 14.6 Å². The Balaban J connectivity index is 1.67. The number of rotatable bonds is 0. The van der Waals surface area contributed by atoms with Gasteiger partial charge in [0, 0.05) is 12.8 Å². The molecule has 3 nitrogen and oxygen atoms in total. The molecule has 0 radical (unpaired) electrons. The van der Waals surface area contributed by atoms with Crippen LogP contribution in [0, 0.1) is 0 Å². The van der Waals surface area contributed by atoms with E-state index in [0.29, 0.717) is 5.75 Å². The van der Waals surface area contributed by atoms with Crippen molar-refractivity contribution in [2.24, 2.45) is 0 Å². The Hall–Kier alpha value is -2.16. The van der Waals surface area contributed by atoms with Gasteiger partial charge in [-0.1, -0.05) is 18.2 Å². The number of phenolic OH excluding ortho intramolecular Hbond substituents is 1. The van der Waals surface area contributed by atoms with Crippen LogP contribution in [0.4, 0.5) is 0 Å². The summed E-state index contributed by atoms with van der Waals surface area (Å²) in [5.41, 5.74) is 2.30. The lowest BCUT2D eigenvalue weighted by Crippen LogP contribution is -2.47. The van der Waals surface area contributed by atoms with Crippen LogP contribution < -0.4 is 9.47 Å². The molecule has 2 aliphatic rings. The summed E-state index contributed by atoms with van der Waals surface area (Å²) in [5.74, 6) is 1.51. The van der Waals surface area contributed by atoms with Crippen molar-refractivity contribution >= 4 is 0 Å². The number of benzene rings is 2. The highest BCUT2D eigenvalue weighted by atomic mass is 16.7. The Labute approximate surface area is 117 Å². The van der Waals surface area contributed by atoms with Crippen LogP contribution >= 0.6 is 0 Å². The molecule has 20 heavy (non-hydrogen) atoms. The van der Waals surface area contributed by atoms with Gasteiger partial charge in [0.1, 0.15) is 17.2 Å². The van der Waals surface area contributed by atoms with Crippen LogP contribution in [0.25, 0.3) is 0 Å². The maximum absolute atomic E-state index is 9.53. The van der Waals surface area contributed by atoms with E-state index in [1.54, 1.807) is 12.1 Å². The number of aryl methyl sites for hydroxylation is 2. The lowest BCUT2D eigenvalue weighted by atomic mass is 9.92. The number of hydrogen-bond donors (Lipinski definition) is 1. The Morgan fingerprint density at radius 1 is 0.850 bits per heavy atom. The van der Waals surface area contributed by atoms with Crippen molar-refractivity contribution in [1.82, 2.24) is 0 Å². The molecule has 0 bridgehead atoms. The van der Waals surface area contributed by atoms with Crippen molar-refractivity contribution in [3.63, 3.8) is 0 Å². The van der Waals surface area contributed by atoms with E-state index in [9.17, 15) is 5.11 Å². The molecule has 2 aliphatic heterocycles.